The van der Waals surface area contributed by atoms with Crippen molar-refractivity contribution in [1.29, 1.82) is 0 Å². The highest BCUT2D eigenvalue weighted by atomic mass is 19.4. The molecule has 1 aromatic carbocycles. The van der Waals surface area contributed by atoms with Gasteiger partial charge < -0.3 is 5.32 Å². The lowest BCUT2D eigenvalue weighted by Gasteiger charge is -2.08. The molecule has 0 spiro atoms. The van der Waals surface area contributed by atoms with Crippen LogP contribution in [0.1, 0.15) is 47.3 Å². The van der Waals surface area contributed by atoms with Gasteiger partial charge in [-0.25, -0.2) is 0 Å². The first-order chi connectivity index (χ1) is 12.2. The van der Waals surface area contributed by atoms with Crippen LogP contribution < -0.4 is 5.32 Å². The molecule has 10 heteroatoms. The van der Waals surface area contributed by atoms with Gasteiger partial charge in [0.15, 0.2) is 5.82 Å². The number of rotatable bonds is 5. The van der Waals surface area contributed by atoms with E-state index in [9.17, 15) is 28.1 Å². The first-order valence-corrected chi connectivity index (χ1v) is 7.95. The number of anilines is 1. The van der Waals surface area contributed by atoms with Crippen molar-refractivity contribution in [1.82, 2.24) is 9.78 Å². The number of nitro groups is 1. The number of hydrogen-bond acceptors (Lipinski definition) is 4. The van der Waals surface area contributed by atoms with Crippen LogP contribution in [0.4, 0.5) is 24.7 Å². The van der Waals surface area contributed by atoms with Gasteiger partial charge in [0.1, 0.15) is 5.56 Å². The second-order valence-corrected chi connectivity index (χ2v) is 5.99. The minimum absolute atomic E-state index is 0.247. The summed E-state index contributed by atoms with van der Waals surface area (Å²) in [6.07, 6.45) is -2.79. The van der Waals surface area contributed by atoms with Gasteiger partial charge in [-0.05, 0) is 31.9 Å². The van der Waals surface area contributed by atoms with E-state index in [2.05, 4.69) is 10.4 Å². The smallest absolute Gasteiger partial charge is 0.305 e. The van der Waals surface area contributed by atoms with E-state index in [4.69, 9.17) is 0 Å². The molecule has 0 aliphatic heterocycles. The average Bonchev–Trinajstić information content (AvgIpc) is 3.34. The van der Waals surface area contributed by atoms with Crippen molar-refractivity contribution in [2.75, 3.05) is 5.32 Å². The fraction of sp³-hybridized carbons (Fsp3) is 0.375. The molecule has 2 aromatic rings. The molecule has 0 bridgehead atoms. The Kier molecular flexibility index (Phi) is 4.43. The number of nitro benzene ring substituents is 1. The van der Waals surface area contributed by atoms with E-state index >= 15 is 0 Å². The van der Waals surface area contributed by atoms with E-state index in [1.165, 1.54) is 0 Å². The number of halogens is 3. The molecule has 1 heterocycles. The first kappa shape index (κ1) is 17.9. The van der Waals surface area contributed by atoms with Gasteiger partial charge in [-0.3, -0.25) is 19.6 Å². The predicted molar refractivity (Wildman–Crippen MR) is 85.9 cm³/mol. The molecule has 7 nitrogen and oxygen atoms in total. The molecular weight excluding hydrogens is 353 g/mol. The van der Waals surface area contributed by atoms with E-state index in [1.54, 1.807) is 10.7 Å². The summed E-state index contributed by atoms with van der Waals surface area (Å²) < 4.78 is 40.3. The van der Waals surface area contributed by atoms with Crippen LogP contribution in [0, 0.1) is 10.1 Å². The number of amides is 1. The van der Waals surface area contributed by atoms with Crippen molar-refractivity contribution in [3.63, 3.8) is 0 Å². The molecule has 26 heavy (non-hydrogen) atoms. The van der Waals surface area contributed by atoms with Gasteiger partial charge in [0.05, 0.1) is 4.92 Å². The van der Waals surface area contributed by atoms with Crippen LogP contribution in [-0.2, 0) is 12.7 Å². The van der Waals surface area contributed by atoms with E-state index in [0.29, 0.717) is 24.6 Å². The Hall–Kier alpha value is -2.91. The molecular formula is C16H15F3N4O3. The Morgan fingerprint density at radius 1 is 1.38 bits per heavy atom. The van der Waals surface area contributed by atoms with Gasteiger partial charge in [-0.15, -0.1) is 0 Å². The van der Waals surface area contributed by atoms with Crippen molar-refractivity contribution in [3.05, 3.63) is 51.2 Å². The molecule has 3 rings (SSSR count). The number of alkyl halides is 3. The molecule has 1 fully saturated rings. The van der Waals surface area contributed by atoms with Crippen molar-refractivity contribution >= 4 is 17.4 Å². The molecule has 1 saturated carbocycles. The third-order valence-electron chi connectivity index (χ3n) is 4.11. The number of nitrogens with zero attached hydrogens (tertiary/aromatic N) is 3. The number of aryl methyl sites for hydroxylation is 1. The van der Waals surface area contributed by atoms with E-state index in [-0.39, 0.29) is 11.4 Å². The van der Waals surface area contributed by atoms with E-state index < -0.39 is 28.3 Å². The second-order valence-electron chi connectivity index (χ2n) is 5.99. The fourth-order valence-electron chi connectivity index (χ4n) is 2.71. The SMILES string of the molecule is CCn1nc(NC(=O)c2ccc(C(F)(F)F)c([N+](=O)[O-])c2)cc1C1CC1. The Balaban J connectivity index is 1.86. The second kappa shape index (κ2) is 6.43. The summed E-state index contributed by atoms with van der Waals surface area (Å²) in [6, 6.07) is 3.78. The zero-order chi connectivity index (χ0) is 19.1. The van der Waals surface area contributed by atoms with Crippen molar-refractivity contribution < 1.29 is 22.9 Å². The third-order valence-corrected chi connectivity index (χ3v) is 4.11. The molecule has 1 aromatic heterocycles. The Morgan fingerprint density at radius 2 is 2.08 bits per heavy atom. The Labute approximate surface area is 146 Å². The van der Waals surface area contributed by atoms with Gasteiger partial charge >= 0.3 is 6.18 Å². The van der Waals surface area contributed by atoms with Crippen LogP contribution in [0.5, 0.6) is 0 Å². The average molecular weight is 368 g/mol. The molecule has 0 radical (unpaired) electrons. The quantitative estimate of drug-likeness (QED) is 0.639. The van der Waals surface area contributed by atoms with Crippen LogP contribution in [0.15, 0.2) is 24.3 Å². The standard InChI is InChI=1S/C16H15F3N4O3/c1-2-22-12(9-3-4-9)8-14(21-22)20-15(24)10-5-6-11(16(17,18)19)13(7-10)23(25)26/h5-9H,2-4H2,1H3,(H,20,21,24). The summed E-state index contributed by atoms with van der Waals surface area (Å²) >= 11 is 0. The minimum atomic E-state index is -4.88. The lowest BCUT2D eigenvalue weighted by molar-refractivity contribution is -0.388. The molecule has 0 atom stereocenters. The van der Waals surface area contributed by atoms with Gasteiger partial charge in [0.2, 0.25) is 0 Å². The number of nitrogens with one attached hydrogen (secondary N) is 1. The number of carbonyl (C=O) groups is 1. The molecule has 1 aliphatic carbocycles. The number of benzene rings is 1. The maximum absolute atomic E-state index is 12.8. The maximum atomic E-state index is 12.8. The van der Waals surface area contributed by atoms with E-state index in [1.807, 2.05) is 6.92 Å². The Morgan fingerprint density at radius 3 is 2.62 bits per heavy atom. The lowest BCUT2D eigenvalue weighted by Crippen LogP contribution is -2.15. The van der Waals surface area contributed by atoms with Crippen molar-refractivity contribution in [2.45, 2.75) is 38.4 Å². The highest BCUT2D eigenvalue weighted by molar-refractivity contribution is 6.04. The number of carbonyl (C=O) groups excluding carboxylic acids is 1. The zero-order valence-corrected chi connectivity index (χ0v) is 13.7. The summed E-state index contributed by atoms with van der Waals surface area (Å²) in [5, 5.41) is 17.7. The molecule has 0 saturated heterocycles. The van der Waals surface area contributed by atoms with Crippen LogP contribution in [0.3, 0.4) is 0 Å². The summed E-state index contributed by atoms with van der Waals surface area (Å²) in [5.74, 6) is -0.0912. The predicted octanol–water partition coefficient (Wildman–Crippen LogP) is 3.96. The van der Waals surface area contributed by atoms with Gasteiger partial charge in [0.25, 0.3) is 11.6 Å². The zero-order valence-electron chi connectivity index (χ0n) is 13.7. The van der Waals surface area contributed by atoms with Gasteiger partial charge in [0, 0.05) is 35.9 Å². The summed E-state index contributed by atoms with van der Waals surface area (Å²) in [7, 11) is 0. The van der Waals surface area contributed by atoms with Crippen molar-refractivity contribution in [3.8, 4) is 0 Å². The minimum Gasteiger partial charge on any atom is -0.305 e. The lowest BCUT2D eigenvalue weighted by atomic mass is 10.1. The van der Waals surface area contributed by atoms with Gasteiger partial charge in [-0.2, -0.15) is 18.3 Å². The molecule has 1 N–H and O–H groups in total. The number of aromatic nitrogens is 2. The first-order valence-electron chi connectivity index (χ1n) is 7.95. The highest BCUT2D eigenvalue weighted by Gasteiger charge is 2.38. The molecule has 138 valence electrons. The maximum Gasteiger partial charge on any atom is 0.422 e. The van der Waals surface area contributed by atoms with Crippen LogP contribution >= 0.6 is 0 Å². The van der Waals surface area contributed by atoms with Crippen LogP contribution in [-0.4, -0.2) is 20.6 Å². The van der Waals surface area contributed by atoms with Crippen LogP contribution in [0.2, 0.25) is 0 Å². The Bertz CT molecular complexity index is 872. The van der Waals surface area contributed by atoms with Gasteiger partial charge in [-0.1, -0.05) is 0 Å². The van der Waals surface area contributed by atoms with E-state index in [0.717, 1.165) is 24.6 Å². The monoisotopic (exact) mass is 368 g/mol. The largest absolute Gasteiger partial charge is 0.422 e. The fourth-order valence-corrected chi connectivity index (χ4v) is 2.71. The molecule has 0 unspecified atom stereocenters. The number of hydrogen-bond donors (Lipinski definition) is 1. The third kappa shape index (κ3) is 3.53. The van der Waals surface area contributed by atoms with Crippen molar-refractivity contribution in [2.24, 2.45) is 0 Å². The van der Waals surface area contributed by atoms with Crippen LogP contribution in [0.25, 0.3) is 0 Å². The summed E-state index contributed by atoms with van der Waals surface area (Å²) in [5.41, 5.74) is -1.82. The normalized spacial score (nSPS) is 14.3. The molecule has 1 aliphatic rings. The molecule has 1 amide bonds. The highest BCUT2D eigenvalue weighted by Crippen LogP contribution is 2.41. The summed E-state index contributed by atoms with van der Waals surface area (Å²) in [6.45, 7) is 2.52. The summed E-state index contributed by atoms with van der Waals surface area (Å²) in [4.78, 5) is 22.1. The topological polar surface area (TPSA) is 90.1 Å².